The Morgan fingerprint density at radius 3 is 2.52 bits per heavy atom. The van der Waals surface area contributed by atoms with Crippen molar-refractivity contribution in [1.82, 2.24) is 4.72 Å². The molecule has 2 aromatic rings. The van der Waals surface area contributed by atoms with Gasteiger partial charge in [-0.1, -0.05) is 35.9 Å². The van der Waals surface area contributed by atoms with Gasteiger partial charge in [0.15, 0.2) is 0 Å². The number of rotatable bonds is 3. The molecule has 0 bridgehead atoms. The molecule has 1 atom stereocenters. The van der Waals surface area contributed by atoms with Crippen LogP contribution in [0, 0.1) is 0 Å². The number of benzene rings is 2. The van der Waals surface area contributed by atoms with Crippen LogP contribution in [-0.4, -0.2) is 8.42 Å². The predicted molar refractivity (Wildman–Crippen MR) is 83.9 cm³/mol. The third-order valence-corrected chi connectivity index (χ3v) is 5.53. The van der Waals surface area contributed by atoms with Gasteiger partial charge in [0.2, 0.25) is 10.0 Å². The van der Waals surface area contributed by atoms with Crippen LogP contribution in [0.3, 0.4) is 0 Å². The molecule has 0 fully saturated rings. The lowest BCUT2D eigenvalue weighted by Crippen LogP contribution is -2.31. The summed E-state index contributed by atoms with van der Waals surface area (Å²) in [6.45, 7) is 0. The highest BCUT2D eigenvalue weighted by Gasteiger charge is 2.25. The maximum Gasteiger partial charge on any atom is 0.241 e. The van der Waals surface area contributed by atoms with Crippen molar-refractivity contribution in [3.05, 3.63) is 64.7 Å². The van der Waals surface area contributed by atoms with Gasteiger partial charge >= 0.3 is 0 Å². The Kier molecular flexibility index (Phi) is 4.02. The van der Waals surface area contributed by atoms with Crippen LogP contribution in [0.4, 0.5) is 0 Å². The summed E-state index contributed by atoms with van der Waals surface area (Å²) in [4.78, 5) is 0.245. The molecular weight excluding hydrogens is 306 g/mol. The normalized spacial score (nSPS) is 18.2. The Bertz CT molecular complexity index is 741. The number of hydrogen-bond donors (Lipinski definition) is 1. The van der Waals surface area contributed by atoms with Crippen molar-refractivity contribution in [2.45, 2.75) is 30.2 Å². The van der Waals surface area contributed by atoms with Crippen LogP contribution in [-0.2, 0) is 16.4 Å². The Labute approximate surface area is 130 Å². The minimum Gasteiger partial charge on any atom is -0.207 e. The Morgan fingerprint density at radius 1 is 1.05 bits per heavy atom. The van der Waals surface area contributed by atoms with E-state index in [0.29, 0.717) is 5.02 Å². The average molecular weight is 322 g/mol. The van der Waals surface area contributed by atoms with Crippen molar-refractivity contribution in [3.63, 3.8) is 0 Å². The number of hydrogen-bond acceptors (Lipinski definition) is 2. The minimum absolute atomic E-state index is 0.157. The molecule has 1 aliphatic rings. The summed E-state index contributed by atoms with van der Waals surface area (Å²) < 4.78 is 27.8. The maximum absolute atomic E-state index is 12.5. The van der Waals surface area contributed by atoms with Crippen LogP contribution in [0.5, 0.6) is 0 Å². The first kappa shape index (κ1) is 14.6. The number of fused-ring (bicyclic) bond motifs is 1. The van der Waals surface area contributed by atoms with E-state index in [1.54, 1.807) is 12.1 Å². The highest BCUT2D eigenvalue weighted by Crippen LogP contribution is 2.30. The molecule has 1 N–H and O–H groups in total. The van der Waals surface area contributed by atoms with Crippen molar-refractivity contribution in [1.29, 1.82) is 0 Å². The molecule has 0 saturated heterocycles. The first-order valence-electron chi connectivity index (χ1n) is 6.92. The average Bonchev–Trinajstić information content (AvgIpc) is 2.48. The summed E-state index contributed by atoms with van der Waals surface area (Å²) in [5.41, 5.74) is 2.31. The monoisotopic (exact) mass is 321 g/mol. The molecule has 0 spiro atoms. The van der Waals surface area contributed by atoms with E-state index in [9.17, 15) is 8.42 Å². The van der Waals surface area contributed by atoms with Crippen molar-refractivity contribution < 1.29 is 8.42 Å². The van der Waals surface area contributed by atoms with Gasteiger partial charge < -0.3 is 0 Å². The molecule has 0 saturated carbocycles. The van der Waals surface area contributed by atoms with Gasteiger partial charge in [-0.05, 0) is 54.7 Å². The smallest absolute Gasteiger partial charge is 0.207 e. The van der Waals surface area contributed by atoms with Gasteiger partial charge in [-0.2, -0.15) is 0 Å². The highest BCUT2D eigenvalue weighted by atomic mass is 35.5. The van der Waals surface area contributed by atoms with Gasteiger partial charge in [0.1, 0.15) is 0 Å². The molecule has 5 heteroatoms. The quantitative estimate of drug-likeness (QED) is 0.937. The van der Waals surface area contributed by atoms with E-state index in [2.05, 4.69) is 10.8 Å². The first-order chi connectivity index (χ1) is 10.1. The Balaban J connectivity index is 1.88. The summed E-state index contributed by atoms with van der Waals surface area (Å²) in [6, 6.07) is 14.1. The lowest BCUT2D eigenvalue weighted by Gasteiger charge is -2.26. The van der Waals surface area contributed by atoms with Gasteiger partial charge in [-0.25, -0.2) is 13.1 Å². The van der Waals surface area contributed by atoms with E-state index in [1.165, 1.54) is 17.7 Å². The van der Waals surface area contributed by atoms with Gasteiger partial charge in [-0.3, -0.25) is 0 Å². The van der Waals surface area contributed by atoms with Crippen LogP contribution >= 0.6 is 11.6 Å². The molecule has 2 aromatic carbocycles. The van der Waals surface area contributed by atoms with Crippen LogP contribution in [0.25, 0.3) is 0 Å². The number of sulfonamides is 1. The van der Waals surface area contributed by atoms with Crippen molar-refractivity contribution in [2.24, 2.45) is 0 Å². The van der Waals surface area contributed by atoms with Crippen LogP contribution in [0.1, 0.15) is 30.0 Å². The topological polar surface area (TPSA) is 46.2 Å². The number of nitrogens with one attached hydrogen (secondary N) is 1. The largest absolute Gasteiger partial charge is 0.241 e. The summed E-state index contributed by atoms with van der Waals surface area (Å²) in [5, 5.41) is 0.525. The van der Waals surface area contributed by atoms with Crippen molar-refractivity contribution >= 4 is 21.6 Å². The van der Waals surface area contributed by atoms with Gasteiger partial charge in [0, 0.05) is 11.1 Å². The van der Waals surface area contributed by atoms with E-state index < -0.39 is 10.0 Å². The Morgan fingerprint density at radius 2 is 1.76 bits per heavy atom. The first-order valence-corrected chi connectivity index (χ1v) is 8.78. The maximum atomic E-state index is 12.5. The molecule has 3 nitrogen and oxygen atoms in total. The highest BCUT2D eigenvalue weighted by molar-refractivity contribution is 7.89. The second kappa shape index (κ2) is 5.79. The van der Waals surface area contributed by atoms with Crippen molar-refractivity contribution in [3.8, 4) is 0 Å². The molecule has 1 aliphatic carbocycles. The third kappa shape index (κ3) is 3.12. The fourth-order valence-corrected chi connectivity index (χ4v) is 4.12. The lowest BCUT2D eigenvalue weighted by atomic mass is 9.88. The molecule has 0 aromatic heterocycles. The molecule has 3 rings (SSSR count). The van der Waals surface area contributed by atoms with Crippen molar-refractivity contribution in [2.75, 3.05) is 0 Å². The van der Waals surface area contributed by atoms with Crippen LogP contribution in [0.2, 0.25) is 5.02 Å². The summed E-state index contributed by atoms with van der Waals surface area (Å²) in [7, 11) is -3.53. The van der Waals surface area contributed by atoms with E-state index >= 15 is 0 Å². The lowest BCUT2D eigenvalue weighted by molar-refractivity contribution is 0.507. The molecule has 110 valence electrons. The second-order valence-electron chi connectivity index (χ2n) is 5.22. The molecule has 1 unspecified atom stereocenters. The fraction of sp³-hybridized carbons (Fsp3) is 0.250. The Hall–Kier alpha value is -1.36. The fourth-order valence-electron chi connectivity index (χ4n) is 2.75. The van der Waals surface area contributed by atoms with Gasteiger partial charge in [0.05, 0.1) is 4.90 Å². The van der Waals surface area contributed by atoms with Gasteiger partial charge in [-0.15, -0.1) is 0 Å². The van der Waals surface area contributed by atoms with E-state index in [0.717, 1.165) is 24.8 Å². The summed E-state index contributed by atoms with van der Waals surface area (Å²) >= 11 is 5.81. The molecule has 0 aliphatic heterocycles. The molecule has 21 heavy (non-hydrogen) atoms. The van der Waals surface area contributed by atoms with Gasteiger partial charge in [0.25, 0.3) is 0 Å². The minimum atomic E-state index is -3.53. The van der Waals surface area contributed by atoms with E-state index in [4.69, 9.17) is 11.6 Å². The van der Waals surface area contributed by atoms with Crippen LogP contribution < -0.4 is 4.72 Å². The number of halogens is 1. The second-order valence-corrected chi connectivity index (χ2v) is 7.37. The third-order valence-electron chi connectivity index (χ3n) is 3.79. The SMILES string of the molecule is O=S(=O)(NC1CCCc2ccccc21)c1ccc(Cl)cc1. The van der Waals surface area contributed by atoms with E-state index in [-0.39, 0.29) is 10.9 Å². The summed E-state index contributed by atoms with van der Waals surface area (Å²) in [6.07, 6.45) is 2.82. The zero-order valence-electron chi connectivity index (χ0n) is 11.4. The standard InChI is InChI=1S/C16H16ClNO2S/c17-13-8-10-14(11-9-13)21(19,20)18-16-7-3-5-12-4-1-2-6-15(12)16/h1-2,4,6,8-11,16,18H,3,5,7H2. The summed E-state index contributed by atoms with van der Waals surface area (Å²) in [5.74, 6) is 0. The predicted octanol–water partition coefficient (Wildman–Crippen LogP) is 3.70. The molecule has 0 amide bonds. The molecule has 0 radical (unpaired) electrons. The van der Waals surface area contributed by atoms with Crippen LogP contribution in [0.15, 0.2) is 53.4 Å². The number of aryl methyl sites for hydroxylation is 1. The molecular formula is C16H16ClNO2S. The zero-order valence-corrected chi connectivity index (χ0v) is 13.0. The molecule has 0 heterocycles. The van der Waals surface area contributed by atoms with E-state index in [1.807, 2.05) is 18.2 Å². The zero-order chi connectivity index (χ0) is 14.9.